The first-order valence-electron chi connectivity index (χ1n) is 6.78. The van der Waals surface area contributed by atoms with Crippen LogP contribution in [0, 0.1) is 0 Å². The maximum Gasteiger partial charge on any atom is 0.274 e. The number of rotatable bonds is 5. The molecule has 1 saturated heterocycles. The van der Waals surface area contributed by atoms with Gasteiger partial charge in [-0.05, 0) is 33.6 Å². The summed E-state index contributed by atoms with van der Waals surface area (Å²) in [5, 5.41) is 13.8. The lowest BCUT2D eigenvalue weighted by atomic mass is 10.0. The number of carbonyl (C=O) groups excluding carboxylic acids is 1. The van der Waals surface area contributed by atoms with Crippen LogP contribution in [-0.4, -0.2) is 61.0 Å². The summed E-state index contributed by atoms with van der Waals surface area (Å²) in [4.78, 5) is 16.7. The molecule has 0 aromatic heterocycles. The summed E-state index contributed by atoms with van der Waals surface area (Å²) in [7, 11) is 2.99. The standard InChI is InChI=1S/C13H26N2O5/c1-13(2,3)20-12(17)14-9-6-7-10(19-8-9)11(16)15(4)18-5/h9-10,12,14,17H,6-8H2,1-5H3. The number of carbonyl (C=O) groups is 1. The number of ether oxygens (including phenoxy) is 2. The van der Waals surface area contributed by atoms with E-state index in [0.717, 1.165) is 11.5 Å². The monoisotopic (exact) mass is 290 g/mol. The van der Waals surface area contributed by atoms with Crippen molar-refractivity contribution in [2.45, 2.75) is 57.8 Å². The minimum Gasteiger partial charge on any atom is -0.367 e. The summed E-state index contributed by atoms with van der Waals surface area (Å²) in [5.74, 6) is -0.197. The van der Waals surface area contributed by atoms with E-state index in [1.165, 1.54) is 7.11 Å². The molecule has 3 atom stereocenters. The zero-order chi connectivity index (χ0) is 15.3. The molecule has 3 unspecified atom stereocenters. The number of hydrogen-bond acceptors (Lipinski definition) is 6. The van der Waals surface area contributed by atoms with Crippen molar-refractivity contribution in [3.05, 3.63) is 0 Å². The van der Waals surface area contributed by atoms with Crippen LogP contribution in [0.25, 0.3) is 0 Å². The van der Waals surface area contributed by atoms with E-state index in [1.807, 2.05) is 20.8 Å². The van der Waals surface area contributed by atoms with Gasteiger partial charge in [0.05, 0.1) is 19.3 Å². The Morgan fingerprint density at radius 1 is 1.45 bits per heavy atom. The van der Waals surface area contributed by atoms with Gasteiger partial charge in [-0.1, -0.05) is 0 Å². The molecule has 1 fully saturated rings. The molecule has 7 heteroatoms. The van der Waals surface area contributed by atoms with Crippen molar-refractivity contribution < 1.29 is 24.2 Å². The fourth-order valence-corrected chi connectivity index (χ4v) is 1.94. The van der Waals surface area contributed by atoms with Crippen LogP contribution in [0.15, 0.2) is 0 Å². The summed E-state index contributed by atoms with van der Waals surface area (Å²) in [6.07, 6.45) is -0.235. The van der Waals surface area contributed by atoms with Crippen LogP contribution >= 0.6 is 0 Å². The van der Waals surface area contributed by atoms with Crippen molar-refractivity contribution in [3.8, 4) is 0 Å². The first kappa shape index (κ1) is 17.3. The highest BCUT2D eigenvalue weighted by atomic mass is 16.7. The number of amides is 1. The van der Waals surface area contributed by atoms with Gasteiger partial charge in [0.1, 0.15) is 6.10 Å². The zero-order valence-electron chi connectivity index (χ0n) is 12.9. The Kier molecular flexibility index (Phi) is 6.35. The molecule has 0 radical (unpaired) electrons. The van der Waals surface area contributed by atoms with Crippen LogP contribution in [0.1, 0.15) is 33.6 Å². The molecule has 0 aromatic carbocycles. The molecular weight excluding hydrogens is 264 g/mol. The van der Waals surface area contributed by atoms with Gasteiger partial charge >= 0.3 is 0 Å². The SMILES string of the molecule is CON(C)C(=O)C1CCC(NC(O)OC(C)(C)C)CO1. The minimum absolute atomic E-state index is 0.0377. The van der Waals surface area contributed by atoms with Gasteiger partial charge in [0.15, 0.2) is 0 Å². The van der Waals surface area contributed by atoms with Crippen molar-refractivity contribution >= 4 is 5.91 Å². The van der Waals surface area contributed by atoms with Crippen LogP contribution in [-0.2, 0) is 19.1 Å². The lowest BCUT2D eigenvalue weighted by Gasteiger charge is -2.33. The van der Waals surface area contributed by atoms with Gasteiger partial charge in [0.25, 0.3) is 5.91 Å². The molecule has 0 spiro atoms. The van der Waals surface area contributed by atoms with Crippen molar-refractivity contribution in [1.82, 2.24) is 10.4 Å². The van der Waals surface area contributed by atoms with Gasteiger partial charge in [-0.15, -0.1) is 0 Å². The third kappa shape index (κ3) is 5.72. The fourth-order valence-electron chi connectivity index (χ4n) is 1.94. The molecular formula is C13H26N2O5. The first-order chi connectivity index (χ1) is 9.23. The van der Waals surface area contributed by atoms with Gasteiger partial charge < -0.3 is 14.6 Å². The predicted molar refractivity (Wildman–Crippen MR) is 72.5 cm³/mol. The third-order valence-electron chi connectivity index (χ3n) is 2.98. The summed E-state index contributed by atoms with van der Waals surface area (Å²) in [5.41, 5.74) is -0.429. The quantitative estimate of drug-likeness (QED) is 0.557. The maximum absolute atomic E-state index is 11.8. The number of hydroxylamine groups is 2. The predicted octanol–water partition coefficient (Wildman–Crippen LogP) is 0.234. The van der Waals surface area contributed by atoms with Crippen LogP contribution in [0.3, 0.4) is 0 Å². The molecule has 0 saturated carbocycles. The Balaban J connectivity index is 2.34. The second-order valence-electron chi connectivity index (χ2n) is 5.86. The molecule has 1 heterocycles. The second kappa shape index (κ2) is 7.33. The number of aliphatic hydroxyl groups excluding tert-OH is 1. The van der Waals surface area contributed by atoms with E-state index in [9.17, 15) is 9.90 Å². The van der Waals surface area contributed by atoms with Crippen LogP contribution in [0.4, 0.5) is 0 Å². The maximum atomic E-state index is 11.8. The molecule has 0 aliphatic carbocycles. The Hall–Kier alpha value is -0.730. The van der Waals surface area contributed by atoms with E-state index in [1.54, 1.807) is 7.05 Å². The highest BCUT2D eigenvalue weighted by Gasteiger charge is 2.30. The van der Waals surface area contributed by atoms with Crippen LogP contribution in [0.2, 0.25) is 0 Å². The highest BCUT2D eigenvalue weighted by Crippen LogP contribution is 2.17. The Morgan fingerprint density at radius 2 is 2.10 bits per heavy atom. The lowest BCUT2D eigenvalue weighted by molar-refractivity contribution is -0.196. The van der Waals surface area contributed by atoms with Gasteiger partial charge in [0.2, 0.25) is 6.41 Å². The van der Waals surface area contributed by atoms with E-state index in [-0.39, 0.29) is 11.9 Å². The summed E-state index contributed by atoms with van der Waals surface area (Å²) in [6, 6.07) is -0.0377. The Labute approximate surface area is 120 Å². The molecule has 1 amide bonds. The summed E-state index contributed by atoms with van der Waals surface area (Å²) >= 11 is 0. The molecule has 7 nitrogen and oxygen atoms in total. The number of nitrogens with zero attached hydrogens (tertiary/aromatic N) is 1. The Morgan fingerprint density at radius 3 is 2.55 bits per heavy atom. The normalized spacial score (nSPS) is 25.3. The van der Waals surface area contributed by atoms with Crippen molar-refractivity contribution in [2.75, 3.05) is 20.8 Å². The van der Waals surface area contributed by atoms with Gasteiger partial charge in [-0.25, -0.2) is 5.06 Å². The van der Waals surface area contributed by atoms with Gasteiger partial charge in [-0.2, -0.15) is 0 Å². The molecule has 1 aliphatic rings. The number of nitrogens with one attached hydrogen (secondary N) is 1. The average molecular weight is 290 g/mol. The van der Waals surface area contributed by atoms with E-state index in [4.69, 9.17) is 14.3 Å². The first-order valence-corrected chi connectivity index (χ1v) is 6.78. The van der Waals surface area contributed by atoms with E-state index < -0.39 is 18.1 Å². The van der Waals surface area contributed by atoms with E-state index in [0.29, 0.717) is 13.0 Å². The van der Waals surface area contributed by atoms with E-state index >= 15 is 0 Å². The second-order valence-corrected chi connectivity index (χ2v) is 5.86. The van der Waals surface area contributed by atoms with Gasteiger partial charge in [0, 0.05) is 13.1 Å². The number of aliphatic hydroxyl groups is 1. The largest absolute Gasteiger partial charge is 0.367 e. The van der Waals surface area contributed by atoms with Gasteiger partial charge in [-0.3, -0.25) is 14.9 Å². The third-order valence-corrected chi connectivity index (χ3v) is 2.98. The molecule has 0 aromatic rings. The highest BCUT2D eigenvalue weighted by molar-refractivity contribution is 5.79. The van der Waals surface area contributed by atoms with Crippen LogP contribution < -0.4 is 5.32 Å². The fraction of sp³-hybridized carbons (Fsp3) is 0.923. The van der Waals surface area contributed by atoms with Crippen molar-refractivity contribution in [1.29, 1.82) is 0 Å². The molecule has 1 aliphatic heterocycles. The molecule has 118 valence electrons. The summed E-state index contributed by atoms with van der Waals surface area (Å²) < 4.78 is 10.9. The topological polar surface area (TPSA) is 80.3 Å². The van der Waals surface area contributed by atoms with Crippen LogP contribution in [0.5, 0.6) is 0 Å². The minimum atomic E-state index is -1.04. The summed E-state index contributed by atoms with van der Waals surface area (Å²) in [6.45, 7) is 5.94. The molecule has 20 heavy (non-hydrogen) atoms. The number of hydrogen-bond donors (Lipinski definition) is 2. The molecule has 0 bridgehead atoms. The average Bonchev–Trinajstić information content (AvgIpc) is 2.35. The number of likely N-dealkylation sites (N-methyl/N-ethyl adjacent to an activating group) is 1. The van der Waals surface area contributed by atoms with Crippen molar-refractivity contribution in [3.63, 3.8) is 0 Å². The Bertz CT molecular complexity index is 310. The molecule has 1 rings (SSSR count). The zero-order valence-corrected chi connectivity index (χ0v) is 12.9. The van der Waals surface area contributed by atoms with E-state index in [2.05, 4.69) is 5.32 Å². The van der Waals surface area contributed by atoms with Crippen molar-refractivity contribution in [2.24, 2.45) is 0 Å². The lowest BCUT2D eigenvalue weighted by Crippen LogP contribution is -2.50. The smallest absolute Gasteiger partial charge is 0.274 e. The molecule has 2 N–H and O–H groups in total.